The minimum atomic E-state index is -0.448. The van der Waals surface area contributed by atoms with E-state index in [2.05, 4.69) is 26.1 Å². The number of hydrogen-bond acceptors (Lipinski definition) is 3. The van der Waals surface area contributed by atoms with Crippen molar-refractivity contribution in [1.29, 1.82) is 0 Å². The molecule has 100 valence electrons. The first-order valence-electron chi connectivity index (χ1n) is 6.71. The summed E-state index contributed by atoms with van der Waals surface area (Å²) >= 11 is 0. The van der Waals surface area contributed by atoms with Gasteiger partial charge in [0.2, 0.25) is 5.91 Å². The van der Waals surface area contributed by atoms with E-state index >= 15 is 0 Å². The molecular formula is C13H26N2O2. The zero-order chi connectivity index (χ0) is 12.8. The molecule has 2 atom stereocenters. The molecule has 2 N–H and O–H groups in total. The molecule has 1 rings (SSSR count). The molecule has 1 fully saturated rings. The fourth-order valence-electron chi connectivity index (χ4n) is 2.19. The second kappa shape index (κ2) is 6.97. The van der Waals surface area contributed by atoms with E-state index < -0.39 is 6.10 Å². The van der Waals surface area contributed by atoms with Crippen LogP contribution >= 0.6 is 0 Å². The van der Waals surface area contributed by atoms with Gasteiger partial charge in [-0.05, 0) is 24.8 Å². The topological polar surface area (TPSA) is 52.6 Å². The first-order valence-corrected chi connectivity index (χ1v) is 6.71. The summed E-state index contributed by atoms with van der Waals surface area (Å²) in [5, 5.41) is 13.0. The smallest absolute Gasteiger partial charge is 0.223 e. The SMILES string of the molecule is CCCNCC(O)CN1CC(C(C)C)CC1=O. The van der Waals surface area contributed by atoms with Crippen molar-refractivity contribution < 1.29 is 9.90 Å². The maximum Gasteiger partial charge on any atom is 0.223 e. The molecular weight excluding hydrogens is 216 g/mol. The minimum absolute atomic E-state index is 0.193. The molecule has 0 bridgehead atoms. The molecule has 1 aliphatic rings. The molecule has 0 aromatic carbocycles. The number of hydrogen-bond donors (Lipinski definition) is 2. The van der Waals surface area contributed by atoms with E-state index in [1.807, 2.05) is 4.90 Å². The first kappa shape index (κ1) is 14.5. The molecule has 17 heavy (non-hydrogen) atoms. The lowest BCUT2D eigenvalue weighted by Gasteiger charge is -2.21. The van der Waals surface area contributed by atoms with E-state index in [9.17, 15) is 9.90 Å². The van der Waals surface area contributed by atoms with Gasteiger partial charge in [0.1, 0.15) is 0 Å². The minimum Gasteiger partial charge on any atom is -0.390 e. The standard InChI is InChI=1S/C13H26N2O2/c1-4-5-14-7-12(16)9-15-8-11(10(2)3)6-13(15)17/h10-12,14,16H,4-9H2,1-3H3. The maximum absolute atomic E-state index is 11.7. The quantitative estimate of drug-likeness (QED) is 0.651. The van der Waals surface area contributed by atoms with Crippen LogP contribution in [0.15, 0.2) is 0 Å². The number of nitrogens with one attached hydrogen (secondary N) is 1. The van der Waals surface area contributed by atoms with Gasteiger partial charge in [0, 0.05) is 26.1 Å². The van der Waals surface area contributed by atoms with Crippen molar-refractivity contribution in [2.75, 3.05) is 26.2 Å². The lowest BCUT2D eigenvalue weighted by Crippen LogP contribution is -2.39. The van der Waals surface area contributed by atoms with E-state index in [0.717, 1.165) is 19.5 Å². The number of rotatable bonds is 7. The van der Waals surface area contributed by atoms with Gasteiger partial charge in [0.15, 0.2) is 0 Å². The average molecular weight is 242 g/mol. The Morgan fingerprint density at radius 3 is 2.76 bits per heavy atom. The van der Waals surface area contributed by atoms with Gasteiger partial charge in [-0.3, -0.25) is 4.79 Å². The molecule has 0 spiro atoms. The number of amides is 1. The molecule has 0 saturated carbocycles. The fourth-order valence-corrected chi connectivity index (χ4v) is 2.19. The van der Waals surface area contributed by atoms with Crippen LogP contribution in [0.2, 0.25) is 0 Å². The number of aliphatic hydroxyl groups excluding tert-OH is 1. The highest BCUT2D eigenvalue weighted by Crippen LogP contribution is 2.24. The molecule has 1 aliphatic heterocycles. The number of aliphatic hydroxyl groups is 1. The average Bonchev–Trinajstić information content (AvgIpc) is 2.61. The van der Waals surface area contributed by atoms with Crippen molar-refractivity contribution >= 4 is 5.91 Å². The zero-order valence-corrected chi connectivity index (χ0v) is 11.3. The third-order valence-electron chi connectivity index (χ3n) is 3.43. The van der Waals surface area contributed by atoms with Gasteiger partial charge in [-0.1, -0.05) is 20.8 Å². The molecule has 2 unspecified atom stereocenters. The third-order valence-corrected chi connectivity index (χ3v) is 3.43. The van der Waals surface area contributed by atoms with Crippen LogP contribution in [0.3, 0.4) is 0 Å². The van der Waals surface area contributed by atoms with Crippen LogP contribution in [-0.2, 0) is 4.79 Å². The summed E-state index contributed by atoms with van der Waals surface area (Å²) < 4.78 is 0. The summed E-state index contributed by atoms with van der Waals surface area (Å²) in [7, 11) is 0. The largest absolute Gasteiger partial charge is 0.390 e. The Bertz CT molecular complexity index is 244. The Balaban J connectivity index is 2.29. The van der Waals surface area contributed by atoms with Gasteiger partial charge in [-0.15, -0.1) is 0 Å². The molecule has 0 aliphatic carbocycles. The highest BCUT2D eigenvalue weighted by Gasteiger charge is 2.32. The fraction of sp³-hybridized carbons (Fsp3) is 0.923. The number of β-amino-alcohol motifs (C(OH)–C–C–N with tert-alkyl or cyclic N) is 1. The Kier molecular flexibility index (Phi) is 5.92. The molecule has 0 aromatic rings. The predicted molar refractivity (Wildman–Crippen MR) is 68.7 cm³/mol. The van der Waals surface area contributed by atoms with Crippen LogP contribution in [0.5, 0.6) is 0 Å². The second-order valence-corrected chi connectivity index (χ2v) is 5.36. The summed E-state index contributed by atoms with van der Waals surface area (Å²) in [5.41, 5.74) is 0. The monoisotopic (exact) mass is 242 g/mol. The van der Waals surface area contributed by atoms with E-state index in [-0.39, 0.29) is 5.91 Å². The van der Waals surface area contributed by atoms with E-state index in [1.165, 1.54) is 0 Å². The van der Waals surface area contributed by atoms with Crippen LogP contribution in [0.1, 0.15) is 33.6 Å². The van der Waals surface area contributed by atoms with Crippen LogP contribution in [0.4, 0.5) is 0 Å². The Morgan fingerprint density at radius 2 is 2.24 bits per heavy atom. The Hall–Kier alpha value is -0.610. The lowest BCUT2D eigenvalue weighted by atomic mass is 9.95. The maximum atomic E-state index is 11.7. The predicted octanol–water partition coefficient (Wildman–Crippen LogP) is 0.851. The van der Waals surface area contributed by atoms with Crippen LogP contribution in [0, 0.1) is 11.8 Å². The Morgan fingerprint density at radius 1 is 1.53 bits per heavy atom. The van der Waals surface area contributed by atoms with Gasteiger partial charge >= 0.3 is 0 Å². The molecule has 1 heterocycles. The zero-order valence-electron chi connectivity index (χ0n) is 11.3. The van der Waals surface area contributed by atoms with E-state index in [4.69, 9.17) is 0 Å². The first-order chi connectivity index (χ1) is 8.04. The van der Waals surface area contributed by atoms with Crippen molar-refractivity contribution in [2.45, 2.75) is 39.7 Å². The van der Waals surface area contributed by atoms with Crippen molar-refractivity contribution in [2.24, 2.45) is 11.8 Å². The van der Waals surface area contributed by atoms with Gasteiger partial charge in [-0.25, -0.2) is 0 Å². The van der Waals surface area contributed by atoms with Gasteiger partial charge < -0.3 is 15.3 Å². The molecule has 0 radical (unpaired) electrons. The molecule has 4 nitrogen and oxygen atoms in total. The summed E-state index contributed by atoms with van der Waals surface area (Å²) in [6.07, 6.45) is 1.26. The molecule has 1 saturated heterocycles. The van der Waals surface area contributed by atoms with E-state index in [0.29, 0.717) is 31.3 Å². The van der Waals surface area contributed by atoms with Gasteiger partial charge in [0.25, 0.3) is 0 Å². The molecule has 4 heteroatoms. The van der Waals surface area contributed by atoms with Crippen LogP contribution in [0.25, 0.3) is 0 Å². The van der Waals surface area contributed by atoms with Crippen molar-refractivity contribution in [3.63, 3.8) is 0 Å². The van der Waals surface area contributed by atoms with Crippen molar-refractivity contribution in [1.82, 2.24) is 10.2 Å². The van der Waals surface area contributed by atoms with E-state index in [1.54, 1.807) is 0 Å². The highest BCUT2D eigenvalue weighted by atomic mass is 16.3. The summed E-state index contributed by atoms with van der Waals surface area (Å²) in [5.74, 6) is 1.19. The number of carbonyl (C=O) groups excluding carboxylic acids is 1. The molecule has 0 aromatic heterocycles. The highest BCUT2D eigenvalue weighted by molar-refractivity contribution is 5.78. The number of nitrogens with zero attached hydrogens (tertiary/aromatic N) is 1. The van der Waals surface area contributed by atoms with Crippen LogP contribution in [-0.4, -0.2) is 48.2 Å². The lowest BCUT2D eigenvalue weighted by molar-refractivity contribution is -0.128. The molecule has 1 amide bonds. The number of likely N-dealkylation sites (tertiary alicyclic amines) is 1. The summed E-state index contributed by atoms with van der Waals surface area (Å²) in [6.45, 7) is 9.17. The second-order valence-electron chi connectivity index (χ2n) is 5.36. The summed E-state index contributed by atoms with van der Waals surface area (Å²) in [4.78, 5) is 13.6. The number of carbonyl (C=O) groups is 1. The van der Waals surface area contributed by atoms with Gasteiger partial charge in [0.05, 0.1) is 6.10 Å². The van der Waals surface area contributed by atoms with Crippen molar-refractivity contribution in [3.05, 3.63) is 0 Å². The van der Waals surface area contributed by atoms with Gasteiger partial charge in [-0.2, -0.15) is 0 Å². The third kappa shape index (κ3) is 4.64. The summed E-state index contributed by atoms with van der Waals surface area (Å²) in [6, 6.07) is 0. The van der Waals surface area contributed by atoms with Crippen molar-refractivity contribution in [3.8, 4) is 0 Å². The normalized spacial score (nSPS) is 22.5. The van der Waals surface area contributed by atoms with Crippen LogP contribution < -0.4 is 5.32 Å². The Labute approximate surface area is 104 Å².